The zero-order chi connectivity index (χ0) is 47.5. The fourth-order valence-corrected chi connectivity index (χ4v) is 11.5. The predicted octanol–water partition coefficient (Wildman–Crippen LogP) is 12.8. The van der Waals surface area contributed by atoms with Gasteiger partial charge in [-0.3, -0.25) is 0 Å². The van der Waals surface area contributed by atoms with E-state index < -0.39 is 7.12 Å². The van der Waals surface area contributed by atoms with Crippen LogP contribution in [0.25, 0.3) is 118 Å². The molecule has 0 unspecified atom stereocenters. The van der Waals surface area contributed by atoms with Crippen LogP contribution in [0.4, 0.5) is 0 Å². The first-order valence-corrected chi connectivity index (χ1v) is 24.7. The first-order chi connectivity index (χ1) is 34.2. The Balaban J connectivity index is 0.000000123. The maximum absolute atomic E-state index is 9.09. The summed E-state index contributed by atoms with van der Waals surface area (Å²) in [5.74, 6) is 0.685. The smallest absolute Gasteiger partial charge is 0.488 e. The molecule has 344 valence electrons. The summed E-state index contributed by atoms with van der Waals surface area (Å²) in [5.41, 5.74) is 10.2. The Morgan fingerprint density at radius 2 is 0.901 bits per heavy atom. The van der Waals surface area contributed by atoms with Crippen molar-refractivity contribution in [1.29, 1.82) is 0 Å². The van der Waals surface area contributed by atoms with E-state index in [2.05, 4.69) is 70.6 Å². The van der Waals surface area contributed by atoms with Gasteiger partial charge < -0.3 is 42.9 Å². The minimum atomic E-state index is -1.49. The molecule has 15 heteroatoms. The van der Waals surface area contributed by atoms with E-state index in [0.717, 1.165) is 97.6 Å². The number of furan rings is 2. The van der Waals surface area contributed by atoms with Gasteiger partial charge in [0.1, 0.15) is 22.3 Å². The molecule has 0 spiro atoms. The fraction of sp³-hybridized carbons (Fsp3) is 0. The monoisotopic (exact) mass is 1130 g/mol. The van der Waals surface area contributed by atoms with E-state index in [1.165, 1.54) is 9.40 Å². The van der Waals surface area contributed by atoms with Gasteiger partial charge in [-0.25, -0.2) is 19.9 Å². The van der Waals surface area contributed by atoms with E-state index in [4.69, 9.17) is 63.7 Å². The Kier molecular flexibility index (Phi) is 13.0. The average molecular weight is 1130 g/mol. The highest BCUT2D eigenvalue weighted by Gasteiger charge is 2.19. The lowest BCUT2D eigenvalue weighted by molar-refractivity contribution is -0.0000165. The molecule has 8 nitrogen and oxygen atoms in total. The standard InChI is InChI=1S/C28H15ClN2OS.C16H9ClN2S.C12H8BClO3.HI/c29-18-11-13-22-21(15-18)19-12-10-17(14-23(19)32-22)28-30-25(16-6-2-1-3-7-16)27-26(31-28)20-8-4-5-9-24(20)33-27;17-16-18-13(10-6-2-1-3-7-10)15-14(19-16)11-8-4-5-9-12(11)20-15;14-8-2-4-11-10(6-8)9-3-1-7(13(15)16)5-12(9)17-11;/h1-15H;1-9H;1-6,15-16H;1H/p-1. The minimum Gasteiger partial charge on any atom is -1.00 e. The van der Waals surface area contributed by atoms with Crippen molar-refractivity contribution in [3.8, 4) is 33.9 Å². The van der Waals surface area contributed by atoms with E-state index in [1.807, 2.05) is 91.0 Å². The molecule has 8 aromatic carbocycles. The number of rotatable bonds is 4. The van der Waals surface area contributed by atoms with Crippen LogP contribution in [-0.4, -0.2) is 37.1 Å². The van der Waals surface area contributed by atoms with Gasteiger partial charge in [0.15, 0.2) is 5.82 Å². The van der Waals surface area contributed by atoms with Crippen LogP contribution in [0.15, 0.2) is 191 Å². The van der Waals surface area contributed by atoms with Crippen molar-refractivity contribution in [2.75, 3.05) is 0 Å². The zero-order valence-corrected chi connectivity index (χ0v) is 42.8. The third-order valence-corrected chi connectivity index (χ3v) is 14.9. The summed E-state index contributed by atoms with van der Waals surface area (Å²) in [7, 11) is -1.49. The summed E-state index contributed by atoms with van der Waals surface area (Å²) >= 11 is 21.7. The number of aromatic nitrogens is 4. The molecule has 0 saturated heterocycles. The van der Waals surface area contributed by atoms with Crippen molar-refractivity contribution >= 4 is 155 Å². The lowest BCUT2D eigenvalue weighted by Crippen LogP contribution is -3.00. The largest absolute Gasteiger partial charge is 1.00 e. The van der Waals surface area contributed by atoms with E-state index in [0.29, 0.717) is 32.2 Å². The van der Waals surface area contributed by atoms with Gasteiger partial charge in [0.05, 0.1) is 31.8 Å². The van der Waals surface area contributed by atoms with Crippen LogP contribution < -0.4 is 29.4 Å². The van der Waals surface area contributed by atoms with Crippen molar-refractivity contribution in [3.05, 3.63) is 197 Å². The molecule has 0 aliphatic heterocycles. The first kappa shape index (κ1) is 46.9. The summed E-state index contributed by atoms with van der Waals surface area (Å²) in [6.45, 7) is 0. The lowest BCUT2D eigenvalue weighted by Gasteiger charge is -2.07. The van der Waals surface area contributed by atoms with Crippen LogP contribution in [0.5, 0.6) is 0 Å². The molecule has 6 aromatic heterocycles. The van der Waals surface area contributed by atoms with E-state index in [1.54, 1.807) is 53.0 Å². The molecular weight excluding hydrogens is 1100 g/mol. The van der Waals surface area contributed by atoms with Crippen molar-refractivity contribution in [1.82, 2.24) is 19.9 Å². The molecule has 6 heterocycles. The third-order valence-electron chi connectivity index (χ3n) is 12.0. The molecule has 0 atom stereocenters. The minimum absolute atomic E-state index is 0. The Hall–Kier alpha value is -6.46. The molecule has 71 heavy (non-hydrogen) atoms. The van der Waals surface area contributed by atoms with Crippen molar-refractivity contribution in [2.24, 2.45) is 0 Å². The summed E-state index contributed by atoms with van der Waals surface area (Å²) in [6.07, 6.45) is 0. The highest BCUT2D eigenvalue weighted by Crippen LogP contribution is 2.41. The SMILES string of the molecule is Clc1ccc2oc3cc(-c4nc(-c5ccccc5)c5sc6ccccc6c5n4)ccc3c2c1.Clc1nc(-c2ccccc2)c2sc3ccccc3c2n1.OB(O)c1ccc2c(c1)oc1ccc(Cl)cc12.[I-]. The molecule has 0 aliphatic rings. The second-order valence-corrected chi connectivity index (χ2v) is 19.7. The average Bonchev–Trinajstić information content (AvgIpc) is 4.16. The van der Waals surface area contributed by atoms with Gasteiger partial charge in [-0.15, -0.1) is 22.7 Å². The number of hydrogen-bond acceptors (Lipinski definition) is 10. The van der Waals surface area contributed by atoms with Gasteiger partial charge in [0.2, 0.25) is 5.28 Å². The number of fused-ring (bicyclic) bond motifs is 12. The zero-order valence-electron chi connectivity index (χ0n) is 36.7. The molecule has 14 aromatic rings. The van der Waals surface area contributed by atoms with Crippen LogP contribution in [-0.2, 0) is 0 Å². The van der Waals surface area contributed by atoms with Crippen molar-refractivity contribution in [3.63, 3.8) is 0 Å². The quantitative estimate of drug-likeness (QED) is 0.102. The Bertz CT molecular complexity index is 4300. The molecule has 14 rings (SSSR count). The van der Waals surface area contributed by atoms with Crippen LogP contribution in [0.1, 0.15) is 0 Å². The number of thiophene rings is 2. The number of halogens is 4. The Morgan fingerprint density at radius 3 is 1.46 bits per heavy atom. The number of nitrogens with zero attached hydrogens (tertiary/aromatic N) is 4. The maximum atomic E-state index is 9.09. The fourth-order valence-electron chi connectivity index (χ4n) is 8.68. The number of hydrogen-bond donors (Lipinski definition) is 2. The molecule has 0 saturated carbocycles. The summed E-state index contributed by atoms with van der Waals surface area (Å²) < 4.78 is 16.3. The third kappa shape index (κ3) is 9.00. The van der Waals surface area contributed by atoms with E-state index in [9.17, 15) is 0 Å². The van der Waals surface area contributed by atoms with Crippen LogP contribution in [0.2, 0.25) is 15.3 Å². The normalized spacial score (nSPS) is 11.3. The van der Waals surface area contributed by atoms with Gasteiger partial charge in [-0.2, -0.15) is 0 Å². The molecule has 0 aliphatic carbocycles. The summed E-state index contributed by atoms with van der Waals surface area (Å²) in [4.78, 5) is 18.9. The lowest BCUT2D eigenvalue weighted by atomic mass is 9.80. The van der Waals surface area contributed by atoms with Crippen molar-refractivity contribution < 1.29 is 42.9 Å². The molecule has 0 bridgehead atoms. The highest BCUT2D eigenvalue weighted by atomic mass is 127. The molecule has 0 radical (unpaired) electrons. The Morgan fingerprint density at radius 1 is 0.408 bits per heavy atom. The predicted molar refractivity (Wildman–Crippen MR) is 292 cm³/mol. The van der Waals surface area contributed by atoms with Gasteiger partial charge in [-0.1, -0.05) is 138 Å². The van der Waals surface area contributed by atoms with Gasteiger partial charge in [0.25, 0.3) is 0 Å². The van der Waals surface area contributed by atoms with E-state index >= 15 is 0 Å². The van der Waals surface area contributed by atoms with Gasteiger partial charge >= 0.3 is 7.12 Å². The second-order valence-electron chi connectivity index (χ2n) is 16.3. The molecule has 2 N–H and O–H groups in total. The van der Waals surface area contributed by atoms with Crippen LogP contribution in [0, 0.1) is 0 Å². The number of benzene rings is 8. The van der Waals surface area contributed by atoms with Crippen molar-refractivity contribution in [2.45, 2.75) is 0 Å². The van der Waals surface area contributed by atoms with Crippen LogP contribution in [0.3, 0.4) is 0 Å². The van der Waals surface area contributed by atoms with E-state index in [-0.39, 0.29) is 24.0 Å². The highest BCUT2D eigenvalue weighted by molar-refractivity contribution is 7.26. The maximum Gasteiger partial charge on any atom is 0.488 e. The van der Waals surface area contributed by atoms with Gasteiger partial charge in [0, 0.05) is 68.5 Å². The molecular formula is C56H32BCl3IN4O4S2-. The summed E-state index contributed by atoms with van der Waals surface area (Å²) in [5, 5.41) is 26.0. The Labute approximate surface area is 444 Å². The van der Waals surface area contributed by atoms with Gasteiger partial charge in [-0.05, 0) is 83.8 Å². The summed E-state index contributed by atoms with van der Waals surface area (Å²) in [6, 6.07) is 59.3. The second kappa shape index (κ2) is 19.6. The topological polar surface area (TPSA) is 118 Å². The van der Waals surface area contributed by atoms with Crippen LogP contribution >= 0.6 is 57.5 Å². The molecule has 0 fully saturated rings. The molecule has 0 amide bonds. The first-order valence-electron chi connectivity index (χ1n) is 22.0.